The Morgan fingerprint density at radius 1 is 1.10 bits per heavy atom. The third-order valence-electron chi connectivity index (χ3n) is 3.67. The fourth-order valence-electron chi connectivity index (χ4n) is 2.45. The molecule has 1 heterocycles. The van der Waals surface area contributed by atoms with Gasteiger partial charge in [0.15, 0.2) is 11.5 Å². The summed E-state index contributed by atoms with van der Waals surface area (Å²) in [5.41, 5.74) is 1.18. The quantitative estimate of drug-likeness (QED) is 0.917. The topological polar surface area (TPSA) is 42.8 Å². The molecule has 1 aliphatic rings. The van der Waals surface area contributed by atoms with Crippen LogP contribution in [0, 0.1) is 0 Å². The van der Waals surface area contributed by atoms with E-state index in [1.54, 1.807) is 14.2 Å². The molecule has 0 bridgehead atoms. The number of nitrogens with one attached hydrogen (secondary N) is 1. The Morgan fingerprint density at radius 2 is 1.90 bits per heavy atom. The lowest BCUT2D eigenvalue weighted by Crippen LogP contribution is -2.26. The molecule has 1 atom stereocenters. The largest absolute Gasteiger partial charge is 0.493 e. The lowest BCUT2D eigenvalue weighted by molar-refractivity contribution is 0.354. The van der Waals surface area contributed by atoms with E-state index in [2.05, 4.69) is 23.3 Å². The van der Waals surface area contributed by atoms with E-state index in [4.69, 9.17) is 9.47 Å². The first-order chi connectivity index (χ1) is 9.74. The Bertz CT molecular complexity index is 472. The third-order valence-corrected chi connectivity index (χ3v) is 3.67. The predicted octanol–water partition coefficient (Wildman–Crippen LogP) is 3.33. The fourth-order valence-corrected chi connectivity index (χ4v) is 2.45. The van der Waals surface area contributed by atoms with Crippen molar-refractivity contribution in [3.63, 3.8) is 0 Å². The van der Waals surface area contributed by atoms with Crippen molar-refractivity contribution in [1.29, 1.82) is 0 Å². The average Bonchev–Trinajstić information content (AvgIpc) is 2.75. The highest BCUT2D eigenvalue weighted by molar-refractivity contribution is 5.82. The van der Waals surface area contributed by atoms with Gasteiger partial charge in [0.2, 0.25) is 0 Å². The van der Waals surface area contributed by atoms with Crippen molar-refractivity contribution in [2.75, 3.05) is 20.8 Å². The Balaban J connectivity index is 2.08. The Kier molecular flexibility index (Phi) is 5.27. The lowest BCUT2D eigenvalue weighted by atomic mass is 10.1. The molecule has 1 unspecified atom stereocenters. The summed E-state index contributed by atoms with van der Waals surface area (Å²) in [6, 6.07) is 6.25. The van der Waals surface area contributed by atoms with Crippen LogP contribution in [-0.4, -0.2) is 26.6 Å². The van der Waals surface area contributed by atoms with Gasteiger partial charge in [-0.25, -0.2) is 0 Å². The Hall–Kier alpha value is -1.71. The van der Waals surface area contributed by atoms with Crippen molar-refractivity contribution in [1.82, 2.24) is 5.32 Å². The number of methoxy groups -OCH3 is 2. The van der Waals surface area contributed by atoms with Crippen molar-refractivity contribution in [3.05, 3.63) is 23.8 Å². The van der Waals surface area contributed by atoms with Crippen molar-refractivity contribution >= 4 is 5.84 Å². The average molecular weight is 276 g/mol. The summed E-state index contributed by atoms with van der Waals surface area (Å²) in [4.78, 5) is 4.61. The summed E-state index contributed by atoms with van der Waals surface area (Å²) in [5.74, 6) is 2.65. The molecule has 2 rings (SSSR count). The van der Waals surface area contributed by atoms with E-state index in [1.807, 2.05) is 12.1 Å². The molecule has 0 amide bonds. The zero-order chi connectivity index (χ0) is 14.4. The van der Waals surface area contributed by atoms with Crippen LogP contribution in [0.5, 0.6) is 11.5 Å². The van der Waals surface area contributed by atoms with Gasteiger partial charge in [-0.3, -0.25) is 4.99 Å². The molecule has 1 N–H and O–H groups in total. The first-order valence-electron chi connectivity index (χ1n) is 7.26. The molecular formula is C16H24N2O2. The molecule has 0 spiro atoms. The van der Waals surface area contributed by atoms with Crippen LogP contribution in [0.1, 0.15) is 44.2 Å². The van der Waals surface area contributed by atoms with Crippen LogP contribution in [0.4, 0.5) is 0 Å². The maximum absolute atomic E-state index is 5.35. The summed E-state index contributed by atoms with van der Waals surface area (Å²) in [6.07, 6.45) is 4.76. The number of hydrogen-bond acceptors (Lipinski definition) is 4. The minimum Gasteiger partial charge on any atom is -0.493 e. The molecule has 20 heavy (non-hydrogen) atoms. The molecular weight excluding hydrogens is 252 g/mol. The molecule has 0 aromatic heterocycles. The zero-order valence-corrected chi connectivity index (χ0v) is 12.6. The fraction of sp³-hybridized carbons (Fsp3) is 0.562. The van der Waals surface area contributed by atoms with Crippen molar-refractivity contribution in [3.8, 4) is 11.5 Å². The standard InChI is InChI=1S/C16H24N2O2/c1-12(18-16-7-5-4-6-10-17-16)13-8-9-14(19-2)15(11-13)20-3/h8-9,11-12H,4-7,10H2,1-3H3,(H,17,18). The smallest absolute Gasteiger partial charge is 0.161 e. The van der Waals surface area contributed by atoms with Crippen molar-refractivity contribution in [2.45, 2.75) is 38.6 Å². The highest BCUT2D eigenvalue weighted by Gasteiger charge is 2.12. The van der Waals surface area contributed by atoms with Gasteiger partial charge in [-0.1, -0.05) is 12.5 Å². The normalized spacial score (nSPS) is 16.9. The molecule has 0 aliphatic carbocycles. The third kappa shape index (κ3) is 3.65. The minimum atomic E-state index is 0.214. The minimum absolute atomic E-state index is 0.214. The summed E-state index contributed by atoms with van der Waals surface area (Å²) < 4.78 is 10.6. The van der Waals surface area contributed by atoms with Crippen LogP contribution < -0.4 is 14.8 Å². The summed E-state index contributed by atoms with van der Waals surface area (Å²) in [5, 5.41) is 3.52. The van der Waals surface area contributed by atoms with E-state index < -0.39 is 0 Å². The van der Waals surface area contributed by atoms with Crippen LogP contribution in [0.15, 0.2) is 23.2 Å². The van der Waals surface area contributed by atoms with Gasteiger partial charge in [0.25, 0.3) is 0 Å². The van der Waals surface area contributed by atoms with Crippen molar-refractivity contribution < 1.29 is 9.47 Å². The summed E-state index contributed by atoms with van der Waals surface area (Å²) >= 11 is 0. The maximum Gasteiger partial charge on any atom is 0.161 e. The predicted molar refractivity (Wildman–Crippen MR) is 81.9 cm³/mol. The molecule has 0 saturated carbocycles. The van der Waals surface area contributed by atoms with Crippen LogP contribution >= 0.6 is 0 Å². The van der Waals surface area contributed by atoms with Crippen LogP contribution in [0.25, 0.3) is 0 Å². The second kappa shape index (κ2) is 7.17. The van der Waals surface area contributed by atoms with E-state index in [0.29, 0.717) is 0 Å². The first kappa shape index (κ1) is 14.7. The number of amidine groups is 1. The summed E-state index contributed by atoms with van der Waals surface area (Å²) in [7, 11) is 3.31. The van der Waals surface area contributed by atoms with Gasteiger partial charge in [-0.2, -0.15) is 0 Å². The Morgan fingerprint density at radius 3 is 2.65 bits per heavy atom. The van der Waals surface area contributed by atoms with E-state index >= 15 is 0 Å². The number of nitrogens with zero attached hydrogens (tertiary/aromatic N) is 1. The van der Waals surface area contributed by atoms with Crippen LogP contribution in [0.3, 0.4) is 0 Å². The molecule has 1 aromatic carbocycles. The van der Waals surface area contributed by atoms with Gasteiger partial charge in [0.05, 0.1) is 20.1 Å². The number of rotatable bonds is 4. The second-order valence-electron chi connectivity index (χ2n) is 5.12. The molecule has 1 aromatic rings. The highest BCUT2D eigenvalue weighted by atomic mass is 16.5. The van der Waals surface area contributed by atoms with Gasteiger partial charge < -0.3 is 14.8 Å². The zero-order valence-electron chi connectivity index (χ0n) is 12.6. The highest BCUT2D eigenvalue weighted by Crippen LogP contribution is 2.30. The molecule has 0 saturated heterocycles. The Labute approximate surface area is 121 Å². The van der Waals surface area contributed by atoms with Crippen LogP contribution in [-0.2, 0) is 0 Å². The van der Waals surface area contributed by atoms with E-state index in [9.17, 15) is 0 Å². The molecule has 1 aliphatic heterocycles. The van der Waals surface area contributed by atoms with Crippen LogP contribution in [0.2, 0.25) is 0 Å². The molecule has 4 nitrogen and oxygen atoms in total. The monoisotopic (exact) mass is 276 g/mol. The number of benzene rings is 1. The molecule has 110 valence electrons. The number of hydrogen-bond donors (Lipinski definition) is 1. The maximum atomic E-state index is 5.35. The molecule has 0 radical (unpaired) electrons. The number of ether oxygens (including phenoxy) is 2. The molecule has 0 fully saturated rings. The lowest BCUT2D eigenvalue weighted by Gasteiger charge is -2.18. The van der Waals surface area contributed by atoms with Crippen molar-refractivity contribution in [2.24, 2.45) is 4.99 Å². The second-order valence-corrected chi connectivity index (χ2v) is 5.12. The van der Waals surface area contributed by atoms with Gasteiger partial charge in [-0.05, 0) is 37.5 Å². The van der Waals surface area contributed by atoms with Gasteiger partial charge in [0.1, 0.15) is 0 Å². The SMILES string of the molecule is COc1ccc(C(C)NC2=NCCCCC2)cc1OC. The number of aliphatic imine (C=N–C) groups is 1. The van der Waals surface area contributed by atoms with Gasteiger partial charge in [-0.15, -0.1) is 0 Å². The first-order valence-corrected chi connectivity index (χ1v) is 7.26. The van der Waals surface area contributed by atoms with E-state index in [0.717, 1.165) is 30.3 Å². The van der Waals surface area contributed by atoms with E-state index in [1.165, 1.54) is 24.8 Å². The molecule has 4 heteroatoms. The van der Waals surface area contributed by atoms with Gasteiger partial charge in [0, 0.05) is 19.0 Å². The summed E-state index contributed by atoms with van der Waals surface area (Å²) in [6.45, 7) is 3.09. The van der Waals surface area contributed by atoms with Gasteiger partial charge >= 0.3 is 0 Å². The van der Waals surface area contributed by atoms with E-state index in [-0.39, 0.29) is 6.04 Å².